The molecule has 1 aromatic rings. The molecule has 0 aliphatic carbocycles. The lowest BCUT2D eigenvalue weighted by atomic mass is 10.1. The molecule has 2 heterocycles. The highest BCUT2D eigenvalue weighted by molar-refractivity contribution is 9.09. The highest BCUT2D eigenvalue weighted by Gasteiger charge is 2.30. The highest BCUT2D eigenvalue weighted by atomic mass is 79.9. The summed E-state index contributed by atoms with van der Waals surface area (Å²) in [5, 5.41) is 0.730. The lowest BCUT2D eigenvalue weighted by Gasteiger charge is -2.34. The number of rotatable bonds is 2. The fraction of sp³-hybridized carbons (Fsp3) is 0.615. The Morgan fingerprint density at radius 1 is 1.39 bits per heavy atom. The predicted molar refractivity (Wildman–Crippen MR) is 72.4 cm³/mol. The van der Waals surface area contributed by atoms with Crippen LogP contribution in [0.1, 0.15) is 27.4 Å². The van der Waals surface area contributed by atoms with Crippen molar-refractivity contribution < 1.29 is 13.9 Å². The summed E-state index contributed by atoms with van der Waals surface area (Å²) in [6.45, 7) is 7.49. The number of ether oxygens (including phenoxy) is 1. The highest BCUT2D eigenvalue weighted by Crippen LogP contribution is 2.24. The number of hydrogen-bond acceptors (Lipinski definition) is 3. The topological polar surface area (TPSA) is 42.7 Å². The number of furan rings is 1. The van der Waals surface area contributed by atoms with Crippen molar-refractivity contribution in [2.45, 2.75) is 26.8 Å². The lowest BCUT2D eigenvalue weighted by Crippen LogP contribution is -2.49. The number of nitrogens with zero attached hydrogens (tertiary/aromatic N) is 1. The maximum atomic E-state index is 12.6. The minimum absolute atomic E-state index is 0.0506. The first-order valence-electron chi connectivity index (χ1n) is 6.07. The molecule has 0 N–H and O–H groups in total. The number of amides is 1. The van der Waals surface area contributed by atoms with Crippen LogP contribution >= 0.6 is 15.9 Å². The minimum atomic E-state index is 0.0506. The first-order valence-corrected chi connectivity index (χ1v) is 7.19. The van der Waals surface area contributed by atoms with Gasteiger partial charge in [-0.2, -0.15) is 0 Å². The van der Waals surface area contributed by atoms with E-state index in [0.29, 0.717) is 31.1 Å². The summed E-state index contributed by atoms with van der Waals surface area (Å²) in [6, 6.07) is 0.0975. The van der Waals surface area contributed by atoms with Gasteiger partial charge in [-0.25, -0.2) is 0 Å². The van der Waals surface area contributed by atoms with Crippen molar-refractivity contribution in [1.82, 2.24) is 4.90 Å². The smallest absolute Gasteiger partial charge is 0.258 e. The Bertz CT molecular complexity index is 455. The molecule has 1 aliphatic rings. The Kier molecular flexibility index (Phi) is 4.12. The molecule has 1 unspecified atom stereocenters. The van der Waals surface area contributed by atoms with Gasteiger partial charge in [0.05, 0.1) is 24.8 Å². The molecule has 0 aromatic carbocycles. The number of halogens is 1. The van der Waals surface area contributed by atoms with Gasteiger partial charge in [-0.1, -0.05) is 15.9 Å². The second-order valence-corrected chi connectivity index (χ2v) is 5.24. The zero-order valence-corrected chi connectivity index (χ0v) is 12.5. The van der Waals surface area contributed by atoms with E-state index in [1.54, 1.807) is 0 Å². The zero-order chi connectivity index (χ0) is 13.3. The molecular weight excluding hydrogens is 298 g/mol. The van der Waals surface area contributed by atoms with Gasteiger partial charge in [-0.3, -0.25) is 4.79 Å². The van der Waals surface area contributed by atoms with E-state index in [1.807, 2.05) is 25.7 Å². The average molecular weight is 316 g/mol. The molecule has 1 amide bonds. The van der Waals surface area contributed by atoms with E-state index in [0.717, 1.165) is 16.7 Å². The van der Waals surface area contributed by atoms with Crippen LogP contribution in [-0.4, -0.2) is 41.9 Å². The summed E-state index contributed by atoms with van der Waals surface area (Å²) in [5.41, 5.74) is 1.65. The SMILES string of the molecule is Cc1oc(C)c(C(=O)N2CCOCC2CBr)c1C. The number of alkyl halides is 1. The molecule has 100 valence electrons. The summed E-state index contributed by atoms with van der Waals surface area (Å²) in [6.07, 6.45) is 0. The lowest BCUT2D eigenvalue weighted by molar-refractivity contribution is 0.00512. The molecule has 2 rings (SSSR count). The van der Waals surface area contributed by atoms with Crippen LogP contribution in [0.4, 0.5) is 0 Å². The standard InChI is InChI=1S/C13H18BrNO3/c1-8-9(2)18-10(3)12(8)13(16)15-4-5-17-7-11(15)6-14/h11H,4-7H2,1-3H3. The van der Waals surface area contributed by atoms with E-state index in [1.165, 1.54) is 0 Å². The van der Waals surface area contributed by atoms with Crippen molar-refractivity contribution in [3.63, 3.8) is 0 Å². The maximum absolute atomic E-state index is 12.6. The molecule has 5 heteroatoms. The van der Waals surface area contributed by atoms with Crippen LogP contribution in [0.3, 0.4) is 0 Å². The molecule has 1 atom stereocenters. The van der Waals surface area contributed by atoms with Gasteiger partial charge in [-0.15, -0.1) is 0 Å². The summed E-state index contributed by atoms with van der Waals surface area (Å²) < 4.78 is 10.9. The first kappa shape index (κ1) is 13.6. The Morgan fingerprint density at radius 3 is 2.67 bits per heavy atom. The van der Waals surface area contributed by atoms with Gasteiger partial charge in [0, 0.05) is 17.4 Å². The molecule has 0 spiro atoms. The molecule has 0 bridgehead atoms. The molecule has 4 nitrogen and oxygen atoms in total. The van der Waals surface area contributed by atoms with Gasteiger partial charge in [0.15, 0.2) is 0 Å². The maximum Gasteiger partial charge on any atom is 0.258 e. The Labute approximate surface area is 115 Å². The Morgan fingerprint density at radius 2 is 2.11 bits per heavy atom. The monoisotopic (exact) mass is 315 g/mol. The van der Waals surface area contributed by atoms with Crippen molar-refractivity contribution in [3.8, 4) is 0 Å². The minimum Gasteiger partial charge on any atom is -0.466 e. The van der Waals surface area contributed by atoms with Gasteiger partial charge < -0.3 is 14.1 Å². The summed E-state index contributed by atoms with van der Waals surface area (Å²) >= 11 is 3.44. The fourth-order valence-corrected chi connectivity index (χ4v) is 2.84. The van der Waals surface area contributed by atoms with E-state index in [2.05, 4.69) is 15.9 Å². The van der Waals surface area contributed by atoms with E-state index in [-0.39, 0.29) is 11.9 Å². The van der Waals surface area contributed by atoms with E-state index >= 15 is 0 Å². The zero-order valence-electron chi connectivity index (χ0n) is 11.0. The Balaban J connectivity index is 2.29. The normalized spacial score (nSPS) is 20.2. The second kappa shape index (κ2) is 5.45. The number of carbonyl (C=O) groups is 1. The van der Waals surface area contributed by atoms with Gasteiger partial charge in [0.2, 0.25) is 0 Å². The number of morpholine rings is 1. The molecule has 0 saturated carbocycles. The van der Waals surface area contributed by atoms with Crippen LogP contribution < -0.4 is 0 Å². The van der Waals surface area contributed by atoms with Crippen LogP contribution in [0, 0.1) is 20.8 Å². The molecule has 1 saturated heterocycles. The fourth-order valence-electron chi connectivity index (χ4n) is 2.30. The van der Waals surface area contributed by atoms with E-state index in [4.69, 9.17) is 9.15 Å². The van der Waals surface area contributed by atoms with Gasteiger partial charge in [0.25, 0.3) is 5.91 Å². The molecule has 1 aliphatic heterocycles. The van der Waals surface area contributed by atoms with Crippen LogP contribution in [0.2, 0.25) is 0 Å². The van der Waals surface area contributed by atoms with E-state index in [9.17, 15) is 4.79 Å². The van der Waals surface area contributed by atoms with Gasteiger partial charge >= 0.3 is 0 Å². The number of hydrogen-bond donors (Lipinski definition) is 0. The third kappa shape index (κ3) is 2.34. The van der Waals surface area contributed by atoms with Crippen molar-refractivity contribution in [3.05, 3.63) is 22.6 Å². The molecule has 1 aromatic heterocycles. The van der Waals surface area contributed by atoms with Crippen molar-refractivity contribution >= 4 is 21.8 Å². The predicted octanol–water partition coefficient (Wildman–Crippen LogP) is 2.44. The third-order valence-corrected chi connectivity index (χ3v) is 4.19. The van der Waals surface area contributed by atoms with Gasteiger partial charge in [-0.05, 0) is 20.8 Å². The summed E-state index contributed by atoms with van der Waals surface area (Å²) in [7, 11) is 0. The molecule has 1 fully saturated rings. The van der Waals surface area contributed by atoms with Crippen LogP contribution in [0.5, 0.6) is 0 Å². The van der Waals surface area contributed by atoms with Crippen LogP contribution in [-0.2, 0) is 4.74 Å². The Hall–Kier alpha value is -0.810. The van der Waals surface area contributed by atoms with Crippen LogP contribution in [0.25, 0.3) is 0 Å². The second-order valence-electron chi connectivity index (χ2n) is 4.60. The first-order chi connectivity index (χ1) is 8.56. The van der Waals surface area contributed by atoms with Crippen molar-refractivity contribution in [2.24, 2.45) is 0 Å². The molecule has 18 heavy (non-hydrogen) atoms. The quantitative estimate of drug-likeness (QED) is 0.787. The largest absolute Gasteiger partial charge is 0.466 e. The van der Waals surface area contributed by atoms with E-state index < -0.39 is 0 Å². The number of carbonyl (C=O) groups excluding carboxylic acids is 1. The molecular formula is C13H18BrNO3. The molecule has 0 radical (unpaired) electrons. The average Bonchev–Trinajstić information content (AvgIpc) is 2.62. The third-order valence-electron chi connectivity index (χ3n) is 3.44. The summed E-state index contributed by atoms with van der Waals surface area (Å²) in [4.78, 5) is 14.5. The summed E-state index contributed by atoms with van der Waals surface area (Å²) in [5.74, 6) is 1.57. The van der Waals surface area contributed by atoms with Crippen LogP contribution in [0.15, 0.2) is 4.42 Å². The van der Waals surface area contributed by atoms with Crippen molar-refractivity contribution in [1.29, 1.82) is 0 Å². The van der Waals surface area contributed by atoms with Gasteiger partial charge in [0.1, 0.15) is 11.5 Å². The number of aryl methyl sites for hydroxylation is 2. The van der Waals surface area contributed by atoms with Crippen molar-refractivity contribution in [2.75, 3.05) is 25.1 Å².